The van der Waals surface area contributed by atoms with Gasteiger partial charge in [0.2, 0.25) is 0 Å². The number of rotatable bonds is 4. The third-order valence-electron chi connectivity index (χ3n) is 2.95. The van der Waals surface area contributed by atoms with Gasteiger partial charge in [0.15, 0.2) is 0 Å². The Morgan fingerprint density at radius 1 is 1.14 bits per heavy atom. The zero-order chi connectivity index (χ0) is 15.4. The standard InChI is InChI=1S/C15H14N2O4/c1-9-2-7-12(14(19)17-9)13(18)16-8-10-3-5-11(6-4-10)15(20)21/h2-7H,8H2,1H3,(H,16,18)(H,17,19)(H,20,21). The lowest BCUT2D eigenvalue weighted by Crippen LogP contribution is -2.29. The van der Waals surface area contributed by atoms with Gasteiger partial charge in [0.05, 0.1) is 5.56 Å². The summed E-state index contributed by atoms with van der Waals surface area (Å²) in [6, 6.07) is 9.27. The average molecular weight is 286 g/mol. The summed E-state index contributed by atoms with van der Waals surface area (Å²) in [6.07, 6.45) is 0. The summed E-state index contributed by atoms with van der Waals surface area (Å²) in [7, 11) is 0. The van der Waals surface area contributed by atoms with E-state index < -0.39 is 17.4 Å². The highest BCUT2D eigenvalue weighted by atomic mass is 16.4. The molecule has 0 aliphatic heterocycles. The van der Waals surface area contributed by atoms with Gasteiger partial charge >= 0.3 is 5.97 Å². The van der Waals surface area contributed by atoms with Crippen molar-refractivity contribution < 1.29 is 14.7 Å². The van der Waals surface area contributed by atoms with Crippen molar-refractivity contribution in [1.29, 1.82) is 0 Å². The zero-order valence-corrected chi connectivity index (χ0v) is 11.3. The van der Waals surface area contributed by atoms with E-state index >= 15 is 0 Å². The molecule has 6 nitrogen and oxygen atoms in total. The Hall–Kier alpha value is -2.89. The third kappa shape index (κ3) is 3.56. The Morgan fingerprint density at radius 2 is 1.81 bits per heavy atom. The number of pyridine rings is 1. The number of carboxylic acid groups (broad SMARTS) is 1. The maximum atomic E-state index is 11.9. The van der Waals surface area contributed by atoms with Gasteiger partial charge in [-0.1, -0.05) is 12.1 Å². The van der Waals surface area contributed by atoms with Gasteiger partial charge in [-0.05, 0) is 36.8 Å². The number of carbonyl (C=O) groups is 2. The fourth-order valence-electron chi connectivity index (χ4n) is 1.79. The van der Waals surface area contributed by atoms with Crippen LogP contribution in [0.25, 0.3) is 0 Å². The molecule has 1 heterocycles. The maximum Gasteiger partial charge on any atom is 0.335 e. The van der Waals surface area contributed by atoms with Gasteiger partial charge in [-0.2, -0.15) is 0 Å². The first-order valence-electron chi connectivity index (χ1n) is 6.28. The van der Waals surface area contributed by atoms with E-state index in [2.05, 4.69) is 10.3 Å². The number of nitrogens with one attached hydrogen (secondary N) is 2. The SMILES string of the molecule is Cc1ccc(C(=O)NCc2ccc(C(=O)O)cc2)c(=O)[nH]1. The minimum atomic E-state index is -1.00. The molecule has 2 rings (SSSR count). The number of aromatic nitrogens is 1. The highest BCUT2D eigenvalue weighted by Gasteiger charge is 2.10. The monoisotopic (exact) mass is 286 g/mol. The lowest BCUT2D eigenvalue weighted by Gasteiger charge is -2.05. The maximum absolute atomic E-state index is 11.9. The third-order valence-corrected chi connectivity index (χ3v) is 2.95. The normalized spacial score (nSPS) is 10.1. The first-order chi connectivity index (χ1) is 9.97. The Morgan fingerprint density at radius 3 is 2.38 bits per heavy atom. The van der Waals surface area contributed by atoms with Crippen LogP contribution in [-0.4, -0.2) is 22.0 Å². The van der Waals surface area contributed by atoms with E-state index in [0.717, 1.165) is 5.56 Å². The molecule has 0 saturated carbocycles. The number of aryl methyl sites for hydroxylation is 1. The van der Waals surface area contributed by atoms with E-state index in [0.29, 0.717) is 5.69 Å². The van der Waals surface area contributed by atoms with Crippen molar-refractivity contribution in [3.63, 3.8) is 0 Å². The minimum absolute atomic E-state index is 0.0442. The second kappa shape index (κ2) is 6.04. The molecule has 0 aliphatic carbocycles. The lowest BCUT2D eigenvalue weighted by molar-refractivity contribution is 0.0696. The Bertz CT molecular complexity index is 732. The van der Waals surface area contributed by atoms with E-state index in [4.69, 9.17) is 5.11 Å². The van der Waals surface area contributed by atoms with E-state index in [1.54, 1.807) is 25.1 Å². The summed E-state index contributed by atoms with van der Waals surface area (Å²) in [5.41, 5.74) is 1.22. The molecule has 0 fully saturated rings. The van der Waals surface area contributed by atoms with Crippen molar-refractivity contribution in [1.82, 2.24) is 10.3 Å². The number of benzene rings is 1. The molecule has 1 amide bonds. The van der Waals surface area contributed by atoms with Crippen molar-refractivity contribution in [2.45, 2.75) is 13.5 Å². The van der Waals surface area contributed by atoms with Crippen LogP contribution in [0.4, 0.5) is 0 Å². The highest BCUT2D eigenvalue weighted by Crippen LogP contribution is 2.04. The van der Waals surface area contributed by atoms with Crippen molar-refractivity contribution in [3.8, 4) is 0 Å². The summed E-state index contributed by atoms with van der Waals surface area (Å²) in [4.78, 5) is 36.8. The van der Waals surface area contributed by atoms with Crippen molar-refractivity contribution in [3.05, 3.63) is 69.1 Å². The van der Waals surface area contributed by atoms with Gasteiger partial charge in [0, 0.05) is 12.2 Å². The number of carbonyl (C=O) groups excluding carboxylic acids is 1. The van der Waals surface area contributed by atoms with Crippen LogP contribution in [0.2, 0.25) is 0 Å². The van der Waals surface area contributed by atoms with Crippen molar-refractivity contribution in [2.75, 3.05) is 0 Å². The largest absolute Gasteiger partial charge is 0.478 e. The number of amides is 1. The summed E-state index contributed by atoms with van der Waals surface area (Å²) < 4.78 is 0. The first-order valence-corrected chi connectivity index (χ1v) is 6.28. The molecule has 0 aliphatic rings. The Kier molecular flexibility index (Phi) is 4.18. The second-order valence-corrected chi connectivity index (χ2v) is 4.57. The molecule has 1 aromatic heterocycles. The molecule has 108 valence electrons. The molecule has 0 bridgehead atoms. The Balaban J connectivity index is 2.04. The molecule has 0 unspecified atom stereocenters. The number of hydrogen-bond acceptors (Lipinski definition) is 3. The molecular weight excluding hydrogens is 272 g/mol. The fourth-order valence-corrected chi connectivity index (χ4v) is 1.79. The molecule has 0 radical (unpaired) electrons. The van der Waals surface area contributed by atoms with Crippen molar-refractivity contribution in [2.24, 2.45) is 0 Å². The van der Waals surface area contributed by atoms with E-state index in [1.165, 1.54) is 18.2 Å². The second-order valence-electron chi connectivity index (χ2n) is 4.57. The molecule has 2 aromatic rings. The number of H-pyrrole nitrogens is 1. The zero-order valence-electron chi connectivity index (χ0n) is 11.3. The quantitative estimate of drug-likeness (QED) is 0.789. The van der Waals surface area contributed by atoms with Gasteiger partial charge in [0.1, 0.15) is 5.56 Å². The van der Waals surface area contributed by atoms with Crippen molar-refractivity contribution >= 4 is 11.9 Å². The predicted octanol–water partition coefficient (Wildman–Crippen LogP) is 1.31. The minimum Gasteiger partial charge on any atom is -0.478 e. The van der Waals surface area contributed by atoms with Crippen LogP contribution >= 0.6 is 0 Å². The fraction of sp³-hybridized carbons (Fsp3) is 0.133. The van der Waals surface area contributed by atoms with Crippen LogP contribution < -0.4 is 10.9 Å². The van der Waals surface area contributed by atoms with Crippen LogP contribution in [0.15, 0.2) is 41.2 Å². The highest BCUT2D eigenvalue weighted by molar-refractivity contribution is 5.93. The first kappa shape index (κ1) is 14.5. The molecule has 0 saturated heterocycles. The predicted molar refractivity (Wildman–Crippen MR) is 76.4 cm³/mol. The lowest BCUT2D eigenvalue weighted by atomic mass is 10.1. The summed E-state index contributed by atoms with van der Waals surface area (Å²) in [5.74, 6) is -1.48. The van der Waals surface area contributed by atoms with Gasteiger partial charge in [-0.15, -0.1) is 0 Å². The topological polar surface area (TPSA) is 99.3 Å². The molecule has 0 spiro atoms. The van der Waals surface area contributed by atoms with Crippen LogP contribution in [0, 0.1) is 6.92 Å². The molecule has 0 atom stereocenters. The molecule has 1 aromatic carbocycles. The van der Waals surface area contributed by atoms with Crippen LogP contribution in [-0.2, 0) is 6.54 Å². The van der Waals surface area contributed by atoms with E-state index in [-0.39, 0.29) is 17.7 Å². The summed E-state index contributed by atoms with van der Waals surface area (Å²) in [5, 5.41) is 11.4. The molecule has 21 heavy (non-hydrogen) atoms. The number of aromatic amines is 1. The summed E-state index contributed by atoms with van der Waals surface area (Å²) >= 11 is 0. The van der Waals surface area contributed by atoms with Gasteiger partial charge in [-0.3, -0.25) is 9.59 Å². The molecule has 3 N–H and O–H groups in total. The number of carboxylic acids is 1. The molecular formula is C15H14N2O4. The van der Waals surface area contributed by atoms with Crippen LogP contribution in [0.5, 0.6) is 0 Å². The average Bonchev–Trinajstić information content (AvgIpc) is 2.45. The van der Waals surface area contributed by atoms with E-state index in [9.17, 15) is 14.4 Å². The summed E-state index contributed by atoms with van der Waals surface area (Å²) in [6.45, 7) is 1.94. The molecule has 6 heteroatoms. The Labute approximate surface area is 120 Å². The van der Waals surface area contributed by atoms with Gasteiger partial charge in [-0.25, -0.2) is 4.79 Å². The smallest absolute Gasteiger partial charge is 0.335 e. The number of aromatic carboxylic acids is 1. The van der Waals surface area contributed by atoms with Crippen LogP contribution in [0.1, 0.15) is 32.0 Å². The van der Waals surface area contributed by atoms with Gasteiger partial charge < -0.3 is 15.4 Å². The van der Waals surface area contributed by atoms with Crippen LogP contribution in [0.3, 0.4) is 0 Å². The number of hydrogen-bond donors (Lipinski definition) is 3. The van der Waals surface area contributed by atoms with E-state index in [1.807, 2.05) is 0 Å². The van der Waals surface area contributed by atoms with Gasteiger partial charge in [0.25, 0.3) is 11.5 Å².